The summed E-state index contributed by atoms with van der Waals surface area (Å²) in [5.41, 5.74) is 1.31. The Bertz CT molecular complexity index is 460. The molecule has 0 amide bonds. The smallest absolute Gasteiger partial charge is 0.0568 e. The molecule has 74 valence electrons. The van der Waals surface area contributed by atoms with Gasteiger partial charge in [-0.25, -0.2) is 0 Å². The lowest BCUT2D eigenvalue weighted by atomic mass is 10.1. The van der Waals surface area contributed by atoms with E-state index in [-0.39, 0.29) is 0 Å². The van der Waals surface area contributed by atoms with E-state index in [0.29, 0.717) is 5.88 Å². The van der Waals surface area contributed by atoms with Crippen LogP contribution >= 0.6 is 34.5 Å². The average Bonchev–Trinajstić information content (AvgIpc) is 2.59. The Kier molecular flexibility index (Phi) is 3.01. The molecule has 0 atom stereocenters. The highest BCUT2D eigenvalue weighted by Gasteiger charge is 2.06. The second kappa shape index (κ2) is 4.09. The van der Waals surface area contributed by atoms with Crippen LogP contribution in [0, 0.1) is 0 Å². The van der Waals surface area contributed by atoms with Gasteiger partial charge in [0.05, 0.1) is 5.88 Å². The maximum absolute atomic E-state index is 6.03. The van der Waals surface area contributed by atoms with Crippen LogP contribution in [-0.2, 0) is 12.3 Å². The zero-order valence-electron chi connectivity index (χ0n) is 7.81. The molecule has 1 heterocycles. The van der Waals surface area contributed by atoms with Crippen molar-refractivity contribution in [2.75, 3.05) is 0 Å². The third kappa shape index (κ3) is 1.77. The van der Waals surface area contributed by atoms with Crippen LogP contribution in [0.1, 0.15) is 17.4 Å². The van der Waals surface area contributed by atoms with Crippen molar-refractivity contribution in [3.63, 3.8) is 0 Å². The molecule has 2 rings (SSSR count). The molecule has 3 heteroatoms. The number of thiophene rings is 1. The number of benzene rings is 1. The predicted octanol–water partition coefficient (Wildman–Crippen LogP) is 4.86. The minimum Gasteiger partial charge on any atom is -0.139 e. The fourth-order valence-corrected chi connectivity index (χ4v) is 3.13. The number of hydrogen-bond acceptors (Lipinski definition) is 1. The summed E-state index contributed by atoms with van der Waals surface area (Å²) >= 11 is 13.6. The summed E-state index contributed by atoms with van der Waals surface area (Å²) in [5, 5.41) is 2.12. The summed E-state index contributed by atoms with van der Waals surface area (Å²) in [6.45, 7) is 2.14. The van der Waals surface area contributed by atoms with E-state index in [4.69, 9.17) is 23.2 Å². The minimum absolute atomic E-state index is 0.583. The minimum atomic E-state index is 0.583. The van der Waals surface area contributed by atoms with E-state index in [2.05, 4.69) is 13.0 Å². The fourth-order valence-electron chi connectivity index (χ4n) is 1.59. The van der Waals surface area contributed by atoms with Gasteiger partial charge < -0.3 is 0 Å². The number of halogens is 2. The molecule has 0 nitrogen and oxygen atoms in total. The molecular formula is C11H10Cl2S. The van der Waals surface area contributed by atoms with Crippen LogP contribution in [0.5, 0.6) is 0 Å². The van der Waals surface area contributed by atoms with Gasteiger partial charge in [-0.1, -0.05) is 18.5 Å². The molecule has 0 radical (unpaired) electrons. The highest BCUT2D eigenvalue weighted by molar-refractivity contribution is 7.19. The summed E-state index contributed by atoms with van der Waals surface area (Å²) in [6, 6.07) is 6.22. The molecule has 0 spiro atoms. The van der Waals surface area contributed by atoms with E-state index >= 15 is 0 Å². The molecule has 1 aromatic heterocycles. The standard InChI is InChI=1S/C11H10Cl2S/c1-2-7-3-8(13)4-11-10(7)5-9(6-12)14-11/h3-5H,2,6H2,1H3. The normalized spacial score (nSPS) is 11.1. The molecule has 2 aromatic rings. The summed E-state index contributed by atoms with van der Waals surface area (Å²) in [6.07, 6.45) is 1.01. The summed E-state index contributed by atoms with van der Waals surface area (Å²) < 4.78 is 1.24. The summed E-state index contributed by atoms with van der Waals surface area (Å²) in [5.74, 6) is 0.583. The Morgan fingerprint density at radius 1 is 1.29 bits per heavy atom. The molecule has 0 saturated carbocycles. The van der Waals surface area contributed by atoms with Crippen molar-refractivity contribution in [2.45, 2.75) is 19.2 Å². The van der Waals surface area contributed by atoms with Crippen LogP contribution < -0.4 is 0 Å². The lowest BCUT2D eigenvalue weighted by Crippen LogP contribution is -1.80. The highest BCUT2D eigenvalue weighted by atomic mass is 35.5. The topological polar surface area (TPSA) is 0 Å². The second-order valence-electron chi connectivity index (χ2n) is 3.18. The molecule has 14 heavy (non-hydrogen) atoms. The Morgan fingerprint density at radius 2 is 2.07 bits per heavy atom. The van der Waals surface area contributed by atoms with Crippen LogP contribution in [0.2, 0.25) is 5.02 Å². The number of alkyl halides is 1. The Morgan fingerprint density at radius 3 is 2.71 bits per heavy atom. The van der Waals surface area contributed by atoms with Crippen molar-refractivity contribution < 1.29 is 0 Å². The molecule has 0 bridgehead atoms. The molecule has 0 aliphatic heterocycles. The first-order valence-corrected chi connectivity index (χ1v) is 6.24. The first-order chi connectivity index (χ1) is 6.74. The summed E-state index contributed by atoms with van der Waals surface area (Å²) in [4.78, 5) is 1.21. The SMILES string of the molecule is CCc1cc(Cl)cc2sc(CCl)cc12. The van der Waals surface area contributed by atoms with Gasteiger partial charge in [0.1, 0.15) is 0 Å². The van der Waals surface area contributed by atoms with Crippen molar-refractivity contribution in [2.24, 2.45) is 0 Å². The zero-order chi connectivity index (χ0) is 10.1. The lowest BCUT2D eigenvalue weighted by molar-refractivity contribution is 1.16. The van der Waals surface area contributed by atoms with Gasteiger partial charge in [-0.15, -0.1) is 22.9 Å². The van der Waals surface area contributed by atoms with Gasteiger partial charge in [0.2, 0.25) is 0 Å². The molecular weight excluding hydrogens is 235 g/mol. The number of hydrogen-bond donors (Lipinski definition) is 0. The van der Waals surface area contributed by atoms with Crippen LogP contribution in [0.4, 0.5) is 0 Å². The van der Waals surface area contributed by atoms with E-state index < -0.39 is 0 Å². The number of aryl methyl sites for hydroxylation is 1. The van der Waals surface area contributed by atoms with Crippen LogP contribution in [0.25, 0.3) is 10.1 Å². The molecule has 0 saturated heterocycles. The fraction of sp³-hybridized carbons (Fsp3) is 0.273. The van der Waals surface area contributed by atoms with Crippen molar-refractivity contribution >= 4 is 44.6 Å². The van der Waals surface area contributed by atoms with Crippen LogP contribution in [0.3, 0.4) is 0 Å². The monoisotopic (exact) mass is 244 g/mol. The molecule has 0 fully saturated rings. The first-order valence-electron chi connectivity index (χ1n) is 4.51. The van der Waals surface area contributed by atoms with E-state index in [0.717, 1.165) is 11.4 Å². The maximum atomic E-state index is 6.03. The second-order valence-corrected chi connectivity index (χ2v) is 5.05. The number of rotatable bonds is 2. The van der Waals surface area contributed by atoms with Gasteiger partial charge in [-0.3, -0.25) is 0 Å². The van der Waals surface area contributed by atoms with Gasteiger partial charge in [-0.2, -0.15) is 0 Å². The Labute approximate surface area is 97.5 Å². The van der Waals surface area contributed by atoms with Gasteiger partial charge in [0, 0.05) is 14.6 Å². The lowest BCUT2D eigenvalue weighted by Gasteiger charge is -1.99. The molecule has 0 aliphatic carbocycles. The van der Waals surface area contributed by atoms with Gasteiger partial charge >= 0.3 is 0 Å². The van der Waals surface area contributed by atoms with Crippen molar-refractivity contribution in [3.05, 3.63) is 33.7 Å². The van der Waals surface area contributed by atoms with Gasteiger partial charge in [-0.05, 0) is 35.6 Å². The zero-order valence-corrected chi connectivity index (χ0v) is 10.1. The van der Waals surface area contributed by atoms with Crippen LogP contribution in [-0.4, -0.2) is 0 Å². The van der Waals surface area contributed by atoms with Gasteiger partial charge in [0.25, 0.3) is 0 Å². The largest absolute Gasteiger partial charge is 0.139 e. The first kappa shape index (κ1) is 10.3. The molecule has 1 aromatic carbocycles. The maximum Gasteiger partial charge on any atom is 0.0568 e. The third-order valence-corrected chi connectivity index (χ3v) is 4.00. The van der Waals surface area contributed by atoms with E-state index in [1.165, 1.54) is 20.5 Å². The predicted molar refractivity (Wildman–Crippen MR) is 65.8 cm³/mol. The molecule has 0 aliphatic rings. The quantitative estimate of drug-likeness (QED) is 0.663. The van der Waals surface area contributed by atoms with E-state index in [1.807, 2.05) is 12.1 Å². The molecule has 0 N–H and O–H groups in total. The summed E-state index contributed by atoms with van der Waals surface area (Å²) in [7, 11) is 0. The van der Waals surface area contributed by atoms with Crippen molar-refractivity contribution in [3.8, 4) is 0 Å². The van der Waals surface area contributed by atoms with E-state index in [1.54, 1.807) is 11.3 Å². The average molecular weight is 245 g/mol. The van der Waals surface area contributed by atoms with Crippen LogP contribution in [0.15, 0.2) is 18.2 Å². The molecule has 0 unspecified atom stereocenters. The van der Waals surface area contributed by atoms with E-state index in [9.17, 15) is 0 Å². The van der Waals surface area contributed by atoms with Gasteiger partial charge in [0.15, 0.2) is 0 Å². The van der Waals surface area contributed by atoms with Crippen molar-refractivity contribution in [1.29, 1.82) is 0 Å². The number of fused-ring (bicyclic) bond motifs is 1. The third-order valence-electron chi connectivity index (χ3n) is 2.25. The Balaban J connectivity index is 2.71. The van der Waals surface area contributed by atoms with Crippen molar-refractivity contribution in [1.82, 2.24) is 0 Å². The Hall–Kier alpha value is -0.240. The highest BCUT2D eigenvalue weighted by Crippen LogP contribution is 2.32.